The third-order valence-electron chi connectivity index (χ3n) is 4.44. The summed E-state index contributed by atoms with van der Waals surface area (Å²) in [5, 5.41) is 3.09. The fourth-order valence-corrected chi connectivity index (χ4v) is 2.96. The molecule has 0 saturated carbocycles. The molecule has 1 amide bonds. The van der Waals surface area contributed by atoms with Gasteiger partial charge in [-0.3, -0.25) is 4.79 Å². The lowest BCUT2D eigenvalue weighted by atomic mass is 10.0. The topological polar surface area (TPSA) is 38.3 Å². The summed E-state index contributed by atoms with van der Waals surface area (Å²) < 4.78 is 5.53. The van der Waals surface area contributed by atoms with Crippen molar-refractivity contribution in [3.05, 3.63) is 64.2 Å². The first-order valence-electron chi connectivity index (χ1n) is 8.15. The number of rotatable bonds is 4. The van der Waals surface area contributed by atoms with Crippen LogP contribution in [0.4, 0.5) is 0 Å². The Labute approximate surface area is 137 Å². The van der Waals surface area contributed by atoms with Gasteiger partial charge in [0.1, 0.15) is 5.75 Å². The molecule has 23 heavy (non-hydrogen) atoms. The second kappa shape index (κ2) is 6.45. The van der Waals surface area contributed by atoms with E-state index in [1.807, 2.05) is 38.1 Å². The van der Waals surface area contributed by atoms with E-state index in [0.29, 0.717) is 0 Å². The summed E-state index contributed by atoms with van der Waals surface area (Å²) in [7, 11) is 0. The summed E-state index contributed by atoms with van der Waals surface area (Å²) in [6, 6.07) is 12.2. The van der Waals surface area contributed by atoms with Crippen molar-refractivity contribution >= 4 is 5.91 Å². The van der Waals surface area contributed by atoms with Crippen LogP contribution >= 0.6 is 0 Å². The average molecular weight is 309 g/mol. The van der Waals surface area contributed by atoms with Crippen molar-refractivity contribution in [2.75, 3.05) is 6.61 Å². The third-order valence-corrected chi connectivity index (χ3v) is 4.44. The number of ether oxygens (including phenoxy) is 1. The minimum absolute atomic E-state index is 0.00917. The van der Waals surface area contributed by atoms with E-state index < -0.39 is 0 Å². The average Bonchev–Trinajstić information content (AvgIpc) is 2.97. The predicted molar refractivity (Wildman–Crippen MR) is 92.2 cm³/mol. The van der Waals surface area contributed by atoms with Crippen LogP contribution in [0.5, 0.6) is 5.75 Å². The highest BCUT2D eigenvalue weighted by molar-refractivity contribution is 5.94. The molecule has 0 spiro atoms. The Balaban J connectivity index is 1.63. The lowest BCUT2D eigenvalue weighted by Crippen LogP contribution is -2.34. The Hall–Kier alpha value is -2.29. The maximum absolute atomic E-state index is 12.4. The van der Waals surface area contributed by atoms with Gasteiger partial charge in [0, 0.05) is 18.0 Å². The molecule has 0 radical (unpaired) electrons. The highest BCUT2D eigenvalue weighted by Gasteiger charge is 2.15. The molecule has 3 heteroatoms. The summed E-state index contributed by atoms with van der Waals surface area (Å²) in [4.78, 5) is 12.4. The van der Waals surface area contributed by atoms with E-state index in [2.05, 4.69) is 24.4 Å². The van der Waals surface area contributed by atoms with Crippen LogP contribution in [-0.2, 0) is 12.8 Å². The van der Waals surface area contributed by atoms with Gasteiger partial charge in [-0.2, -0.15) is 0 Å². The zero-order valence-electron chi connectivity index (χ0n) is 14.0. The Bertz CT molecular complexity index is 736. The van der Waals surface area contributed by atoms with E-state index in [4.69, 9.17) is 4.74 Å². The van der Waals surface area contributed by atoms with Crippen LogP contribution in [0.1, 0.15) is 39.5 Å². The van der Waals surface area contributed by atoms with Crippen LogP contribution in [-0.4, -0.2) is 18.6 Å². The van der Waals surface area contributed by atoms with Gasteiger partial charge in [-0.1, -0.05) is 18.2 Å². The molecule has 0 aromatic heterocycles. The summed E-state index contributed by atoms with van der Waals surface area (Å²) >= 11 is 0. The van der Waals surface area contributed by atoms with E-state index in [9.17, 15) is 4.79 Å². The molecule has 1 aliphatic heterocycles. The van der Waals surface area contributed by atoms with Crippen LogP contribution < -0.4 is 10.1 Å². The van der Waals surface area contributed by atoms with Gasteiger partial charge in [0.05, 0.1) is 6.61 Å². The molecule has 1 unspecified atom stereocenters. The number of fused-ring (bicyclic) bond motifs is 1. The van der Waals surface area contributed by atoms with Gasteiger partial charge < -0.3 is 10.1 Å². The zero-order chi connectivity index (χ0) is 16.4. The molecule has 2 aromatic carbocycles. The van der Waals surface area contributed by atoms with E-state index in [1.165, 1.54) is 16.7 Å². The second-order valence-corrected chi connectivity index (χ2v) is 6.42. The minimum atomic E-state index is -0.00917. The van der Waals surface area contributed by atoms with Crippen molar-refractivity contribution in [1.82, 2.24) is 5.32 Å². The van der Waals surface area contributed by atoms with Gasteiger partial charge in [0.2, 0.25) is 0 Å². The molecule has 0 aliphatic carbocycles. The highest BCUT2D eigenvalue weighted by Crippen LogP contribution is 2.26. The molecule has 1 aliphatic rings. The number of nitrogens with one attached hydrogen (secondary N) is 1. The Morgan fingerprint density at radius 3 is 2.78 bits per heavy atom. The van der Waals surface area contributed by atoms with E-state index in [0.717, 1.165) is 36.3 Å². The van der Waals surface area contributed by atoms with Gasteiger partial charge in [-0.05, 0) is 67.6 Å². The first-order chi connectivity index (χ1) is 11.0. The number of hydrogen-bond acceptors (Lipinski definition) is 2. The van der Waals surface area contributed by atoms with Crippen molar-refractivity contribution in [3.63, 3.8) is 0 Å². The van der Waals surface area contributed by atoms with Crippen LogP contribution in [0.3, 0.4) is 0 Å². The number of carbonyl (C=O) groups excluding carboxylic acids is 1. The molecule has 3 rings (SSSR count). The largest absolute Gasteiger partial charge is 0.493 e. The minimum Gasteiger partial charge on any atom is -0.493 e. The van der Waals surface area contributed by atoms with Crippen molar-refractivity contribution in [2.24, 2.45) is 0 Å². The van der Waals surface area contributed by atoms with Crippen LogP contribution in [0.2, 0.25) is 0 Å². The fraction of sp³-hybridized carbons (Fsp3) is 0.350. The molecule has 0 saturated heterocycles. The molecule has 0 bridgehead atoms. The summed E-state index contributed by atoms with van der Waals surface area (Å²) in [5.41, 5.74) is 5.58. The zero-order valence-corrected chi connectivity index (χ0v) is 14.0. The lowest BCUT2D eigenvalue weighted by molar-refractivity contribution is 0.0940. The maximum atomic E-state index is 12.4. The summed E-state index contributed by atoms with van der Waals surface area (Å²) in [6.07, 6.45) is 1.80. The van der Waals surface area contributed by atoms with E-state index >= 15 is 0 Å². The SMILES string of the molecule is Cc1ccc(C(=O)NC(C)Cc2ccc3c(c2)CCO3)cc1C. The first-order valence-corrected chi connectivity index (χ1v) is 8.15. The standard InChI is InChI=1S/C20H23NO2/c1-13-4-6-18(10-14(13)2)20(22)21-15(3)11-16-5-7-19-17(12-16)8-9-23-19/h4-7,10,12,15H,8-9,11H2,1-3H3,(H,21,22). The predicted octanol–water partition coefficient (Wildman–Crippen LogP) is 3.60. The van der Waals surface area contributed by atoms with E-state index in [-0.39, 0.29) is 11.9 Å². The Morgan fingerprint density at radius 1 is 1.17 bits per heavy atom. The van der Waals surface area contributed by atoms with Gasteiger partial charge in [0.15, 0.2) is 0 Å². The molecule has 1 atom stereocenters. The number of hydrogen-bond donors (Lipinski definition) is 1. The van der Waals surface area contributed by atoms with Crippen molar-refractivity contribution in [2.45, 2.75) is 39.7 Å². The summed E-state index contributed by atoms with van der Waals surface area (Å²) in [5.74, 6) is 0.991. The number of carbonyl (C=O) groups is 1. The van der Waals surface area contributed by atoms with Crippen LogP contribution in [0.15, 0.2) is 36.4 Å². The molecular formula is C20H23NO2. The molecular weight excluding hydrogens is 286 g/mol. The molecule has 120 valence electrons. The Morgan fingerprint density at radius 2 is 2.00 bits per heavy atom. The monoisotopic (exact) mass is 309 g/mol. The lowest BCUT2D eigenvalue weighted by Gasteiger charge is -2.15. The van der Waals surface area contributed by atoms with Gasteiger partial charge >= 0.3 is 0 Å². The fourth-order valence-electron chi connectivity index (χ4n) is 2.96. The quantitative estimate of drug-likeness (QED) is 0.937. The number of aryl methyl sites for hydroxylation is 2. The Kier molecular flexibility index (Phi) is 4.37. The second-order valence-electron chi connectivity index (χ2n) is 6.42. The smallest absolute Gasteiger partial charge is 0.251 e. The van der Waals surface area contributed by atoms with Crippen molar-refractivity contribution < 1.29 is 9.53 Å². The molecule has 1 heterocycles. The van der Waals surface area contributed by atoms with Gasteiger partial charge in [0.25, 0.3) is 5.91 Å². The van der Waals surface area contributed by atoms with Crippen LogP contribution in [0.25, 0.3) is 0 Å². The summed E-state index contributed by atoms with van der Waals surface area (Å²) in [6.45, 7) is 6.90. The molecule has 1 N–H and O–H groups in total. The third kappa shape index (κ3) is 3.55. The van der Waals surface area contributed by atoms with E-state index in [1.54, 1.807) is 0 Å². The maximum Gasteiger partial charge on any atom is 0.251 e. The van der Waals surface area contributed by atoms with Crippen LogP contribution in [0, 0.1) is 13.8 Å². The highest BCUT2D eigenvalue weighted by atomic mass is 16.5. The van der Waals surface area contributed by atoms with Crippen molar-refractivity contribution in [1.29, 1.82) is 0 Å². The van der Waals surface area contributed by atoms with Crippen molar-refractivity contribution in [3.8, 4) is 5.75 Å². The number of benzene rings is 2. The first kappa shape index (κ1) is 15.6. The molecule has 3 nitrogen and oxygen atoms in total. The number of amides is 1. The molecule has 2 aromatic rings. The van der Waals surface area contributed by atoms with Gasteiger partial charge in [-0.25, -0.2) is 0 Å². The normalized spacial score (nSPS) is 14.0. The van der Waals surface area contributed by atoms with Gasteiger partial charge in [-0.15, -0.1) is 0 Å². The molecule has 0 fully saturated rings.